The minimum atomic E-state index is -0.849. The molecule has 0 aliphatic rings. The zero-order valence-corrected chi connectivity index (χ0v) is 10.8. The molecule has 1 N–H and O–H groups in total. The predicted octanol–water partition coefficient (Wildman–Crippen LogP) is 1.90. The number of aryl methyl sites for hydroxylation is 1. The van der Waals surface area contributed by atoms with Gasteiger partial charge in [0, 0.05) is 6.54 Å². The van der Waals surface area contributed by atoms with Gasteiger partial charge in [-0.05, 0) is 18.8 Å². The van der Waals surface area contributed by atoms with Crippen molar-refractivity contribution in [2.75, 3.05) is 0 Å². The molecule has 0 aliphatic carbocycles. The zero-order valence-electron chi connectivity index (χ0n) is 10.8. The van der Waals surface area contributed by atoms with Gasteiger partial charge in [0.2, 0.25) is 0 Å². The van der Waals surface area contributed by atoms with Gasteiger partial charge in [0.1, 0.15) is 0 Å². The first-order valence-corrected chi connectivity index (χ1v) is 6.17. The molecule has 0 aliphatic heterocycles. The van der Waals surface area contributed by atoms with Crippen molar-refractivity contribution in [1.29, 1.82) is 0 Å². The summed E-state index contributed by atoms with van der Waals surface area (Å²) in [4.78, 5) is 10.7. The molecule has 0 atom stereocenters. The molecule has 5 nitrogen and oxygen atoms in total. The van der Waals surface area contributed by atoms with E-state index < -0.39 is 5.97 Å². The second-order valence-corrected chi connectivity index (χ2v) is 4.71. The van der Waals surface area contributed by atoms with Crippen LogP contribution >= 0.6 is 0 Å². The van der Waals surface area contributed by atoms with Gasteiger partial charge in [0.05, 0.1) is 17.8 Å². The van der Waals surface area contributed by atoms with Crippen molar-refractivity contribution in [2.45, 2.75) is 53.0 Å². The standard InChI is InChI=1S/C12H21N3O2/c1-4-5-11-10(8-12(16)17)13-14-15(11)7-6-9(2)3/h9H,4-8H2,1-3H3,(H,16,17). The quantitative estimate of drug-likeness (QED) is 0.789. The molecule has 1 aromatic heterocycles. The van der Waals surface area contributed by atoms with Gasteiger partial charge >= 0.3 is 5.97 Å². The summed E-state index contributed by atoms with van der Waals surface area (Å²) in [5, 5.41) is 16.9. The van der Waals surface area contributed by atoms with Gasteiger partial charge in [-0.2, -0.15) is 0 Å². The van der Waals surface area contributed by atoms with Gasteiger partial charge < -0.3 is 5.11 Å². The Hall–Kier alpha value is -1.39. The highest BCUT2D eigenvalue weighted by atomic mass is 16.4. The van der Waals surface area contributed by atoms with Crippen LogP contribution in [0.3, 0.4) is 0 Å². The van der Waals surface area contributed by atoms with Crippen molar-refractivity contribution in [3.8, 4) is 0 Å². The number of hydrogen-bond donors (Lipinski definition) is 1. The lowest BCUT2D eigenvalue weighted by atomic mass is 10.1. The first kappa shape index (κ1) is 13.7. The lowest BCUT2D eigenvalue weighted by Crippen LogP contribution is -2.09. The van der Waals surface area contributed by atoms with E-state index in [1.807, 2.05) is 4.68 Å². The molecule has 5 heteroatoms. The van der Waals surface area contributed by atoms with Crippen molar-refractivity contribution >= 4 is 5.97 Å². The molecule has 0 aromatic carbocycles. The molecule has 1 heterocycles. The number of rotatable bonds is 7. The molecule has 0 saturated heterocycles. The lowest BCUT2D eigenvalue weighted by molar-refractivity contribution is -0.136. The molecule has 17 heavy (non-hydrogen) atoms. The van der Waals surface area contributed by atoms with Gasteiger partial charge in [-0.1, -0.05) is 32.4 Å². The van der Waals surface area contributed by atoms with Crippen LogP contribution in [-0.4, -0.2) is 26.1 Å². The Morgan fingerprint density at radius 1 is 1.47 bits per heavy atom. The molecule has 0 saturated carbocycles. The first-order chi connectivity index (χ1) is 8.04. The maximum atomic E-state index is 10.7. The second kappa shape index (κ2) is 6.37. The third-order valence-corrected chi connectivity index (χ3v) is 2.64. The number of aromatic nitrogens is 3. The number of carboxylic acid groups (broad SMARTS) is 1. The van der Waals surface area contributed by atoms with E-state index in [9.17, 15) is 4.79 Å². The highest BCUT2D eigenvalue weighted by molar-refractivity contribution is 5.69. The van der Waals surface area contributed by atoms with E-state index in [1.54, 1.807) is 0 Å². The van der Waals surface area contributed by atoms with Crippen LogP contribution in [0.25, 0.3) is 0 Å². The number of carboxylic acids is 1. The Kier molecular flexibility index (Phi) is 5.12. The Morgan fingerprint density at radius 3 is 2.71 bits per heavy atom. The van der Waals surface area contributed by atoms with E-state index in [-0.39, 0.29) is 6.42 Å². The average Bonchev–Trinajstić information content (AvgIpc) is 2.58. The monoisotopic (exact) mass is 239 g/mol. The van der Waals surface area contributed by atoms with Crippen molar-refractivity contribution < 1.29 is 9.90 Å². The van der Waals surface area contributed by atoms with Crippen LogP contribution < -0.4 is 0 Å². The number of nitrogens with zero attached hydrogens (tertiary/aromatic N) is 3. The molecule has 96 valence electrons. The van der Waals surface area contributed by atoms with Crippen LogP contribution in [-0.2, 0) is 24.2 Å². The minimum Gasteiger partial charge on any atom is -0.481 e. The van der Waals surface area contributed by atoms with Gasteiger partial charge in [-0.3, -0.25) is 4.79 Å². The summed E-state index contributed by atoms with van der Waals surface area (Å²) in [5.41, 5.74) is 1.60. The molecule has 0 spiro atoms. The first-order valence-electron chi connectivity index (χ1n) is 6.17. The summed E-state index contributed by atoms with van der Waals surface area (Å²) in [6.07, 6.45) is 2.82. The highest BCUT2D eigenvalue weighted by Gasteiger charge is 2.14. The Labute approximate surface area is 102 Å². The fourth-order valence-electron chi connectivity index (χ4n) is 1.72. The van der Waals surface area contributed by atoms with E-state index in [1.165, 1.54) is 0 Å². The van der Waals surface area contributed by atoms with Crippen molar-refractivity contribution in [3.05, 3.63) is 11.4 Å². The highest BCUT2D eigenvalue weighted by Crippen LogP contribution is 2.11. The van der Waals surface area contributed by atoms with Crippen LogP contribution in [0.5, 0.6) is 0 Å². The van der Waals surface area contributed by atoms with Crippen molar-refractivity contribution in [3.63, 3.8) is 0 Å². The topological polar surface area (TPSA) is 68.0 Å². The Morgan fingerprint density at radius 2 is 2.18 bits per heavy atom. The Balaban J connectivity index is 2.81. The molecule has 0 fully saturated rings. The SMILES string of the molecule is CCCc1c(CC(=O)O)nnn1CCC(C)C. The van der Waals surface area contributed by atoms with E-state index in [0.717, 1.165) is 31.5 Å². The van der Waals surface area contributed by atoms with Crippen LogP contribution in [0.1, 0.15) is 45.0 Å². The van der Waals surface area contributed by atoms with Gasteiger partial charge in [-0.15, -0.1) is 5.10 Å². The largest absolute Gasteiger partial charge is 0.481 e. The van der Waals surface area contributed by atoms with Crippen LogP contribution in [0.2, 0.25) is 0 Å². The number of hydrogen-bond acceptors (Lipinski definition) is 3. The average molecular weight is 239 g/mol. The molecule has 0 unspecified atom stereocenters. The fourth-order valence-corrected chi connectivity index (χ4v) is 1.72. The smallest absolute Gasteiger partial charge is 0.309 e. The fraction of sp³-hybridized carbons (Fsp3) is 0.750. The van der Waals surface area contributed by atoms with E-state index in [4.69, 9.17) is 5.11 Å². The van der Waals surface area contributed by atoms with Crippen LogP contribution in [0.15, 0.2) is 0 Å². The molecule has 1 rings (SSSR count). The summed E-state index contributed by atoms with van der Waals surface area (Å²) >= 11 is 0. The van der Waals surface area contributed by atoms with Gasteiger partial charge in [-0.25, -0.2) is 4.68 Å². The summed E-state index contributed by atoms with van der Waals surface area (Å²) < 4.78 is 1.86. The van der Waals surface area contributed by atoms with Crippen molar-refractivity contribution in [1.82, 2.24) is 15.0 Å². The van der Waals surface area contributed by atoms with Crippen LogP contribution in [0.4, 0.5) is 0 Å². The molecular formula is C12H21N3O2. The molecular weight excluding hydrogens is 218 g/mol. The summed E-state index contributed by atoms with van der Waals surface area (Å²) in [6, 6.07) is 0. The summed E-state index contributed by atoms with van der Waals surface area (Å²) in [7, 11) is 0. The summed E-state index contributed by atoms with van der Waals surface area (Å²) in [6.45, 7) is 7.22. The van der Waals surface area contributed by atoms with Gasteiger partial charge in [0.15, 0.2) is 0 Å². The summed E-state index contributed by atoms with van der Waals surface area (Å²) in [5.74, 6) is -0.241. The Bertz CT molecular complexity index is 372. The second-order valence-electron chi connectivity index (χ2n) is 4.71. The zero-order chi connectivity index (χ0) is 12.8. The maximum Gasteiger partial charge on any atom is 0.309 e. The number of aliphatic carboxylic acids is 1. The molecule has 0 bridgehead atoms. The van der Waals surface area contributed by atoms with E-state index >= 15 is 0 Å². The van der Waals surface area contributed by atoms with Crippen LogP contribution in [0, 0.1) is 5.92 Å². The van der Waals surface area contributed by atoms with Gasteiger partial charge in [0.25, 0.3) is 0 Å². The molecule has 0 amide bonds. The normalized spacial score (nSPS) is 11.1. The van der Waals surface area contributed by atoms with E-state index in [2.05, 4.69) is 31.1 Å². The third-order valence-electron chi connectivity index (χ3n) is 2.64. The lowest BCUT2D eigenvalue weighted by Gasteiger charge is -2.08. The van der Waals surface area contributed by atoms with Crippen molar-refractivity contribution in [2.24, 2.45) is 5.92 Å². The molecule has 1 aromatic rings. The van der Waals surface area contributed by atoms with E-state index in [0.29, 0.717) is 11.6 Å². The third kappa shape index (κ3) is 4.17. The predicted molar refractivity (Wildman–Crippen MR) is 64.8 cm³/mol. The maximum absolute atomic E-state index is 10.7. The minimum absolute atomic E-state index is 0.0307. The number of carbonyl (C=O) groups is 1. The molecule has 0 radical (unpaired) electrons.